The first-order valence-corrected chi connectivity index (χ1v) is 12.0. The van der Waals surface area contributed by atoms with Crippen LogP contribution in [0.4, 0.5) is 0 Å². The Kier molecular flexibility index (Phi) is 5.97. The van der Waals surface area contributed by atoms with E-state index in [2.05, 4.69) is 21.9 Å². The molecule has 3 heterocycles. The van der Waals surface area contributed by atoms with Gasteiger partial charge in [-0.15, -0.1) is 0 Å². The third-order valence-electron chi connectivity index (χ3n) is 7.16. The molecule has 1 aliphatic heterocycles. The SMILES string of the molecule is COCCCN1CCN(C(=O)c2cc3c(cc2C)[nH]c(=O)c2cnn(CC4CC4)c23)C[C@@H]1C. The Morgan fingerprint density at radius 3 is 2.79 bits per heavy atom. The Morgan fingerprint density at radius 1 is 1.24 bits per heavy atom. The number of aromatic amines is 1. The Bertz CT molecular complexity index is 1240. The molecule has 1 N–H and O–H groups in total. The van der Waals surface area contributed by atoms with Crippen LogP contribution in [-0.4, -0.2) is 76.4 Å². The van der Waals surface area contributed by atoms with Crippen molar-refractivity contribution in [2.75, 3.05) is 39.9 Å². The van der Waals surface area contributed by atoms with E-state index in [1.807, 2.05) is 28.6 Å². The smallest absolute Gasteiger partial charge is 0.259 e. The quantitative estimate of drug-likeness (QED) is 0.559. The number of carbonyl (C=O) groups is 1. The number of rotatable bonds is 7. The maximum Gasteiger partial charge on any atom is 0.259 e. The molecule has 8 heteroatoms. The van der Waals surface area contributed by atoms with Crippen molar-refractivity contribution < 1.29 is 9.53 Å². The maximum absolute atomic E-state index is 13.6. The summed E-state index contributed by atoms with van der Waals surface area (Å²) >= 11 is 0. The molecule has 0 radical (unpaired) electrons. The van der Waals surface area contributed by atoms with Gasteiger partial charge in [-0.25, -0.2) is 0 Å². The number of benzene rings is 1. The van der Waals surface area contributed by atoms with Crippen molar-refractivity contribution in [3.63, 3.8) is 0 Å². The normalized spacial score (nSPS) is 19.6. The van der Waals surface area contributed by atoms with Crippen LogP contribution in [0.1, 0.15) is 42.1 Å². The minimum atomic E-state index is -0.128. The number of carbonyl (C=O) groups excluding carboxylic acids is 1. The third kappa shape index (κ3) is 4.29. The van der Waals surface area contributed by atoms with E-state index >= 15 is 0 Å². The van der Waals surface area contributed by atoms with Gasteiger partial charge in [0.15, 0.2) is 0 Å². The van der Waals surface area contributed by atoms with Crippen molar-refractivity contribution in [2.24, 2.45) is 5.92 Å². The van der Waals surface area contributed by atoms with Crippen LogP contribution in [0.15, 0.2) is 23.1 Å². The lowest BCUT2D eigenvalue weighted by molar-refractivity contribution is 0.0490. The Labute approximate surface area is 193 Å². The number of piperazine rings is 1. The molecule has 0 bridgehead atoms. The van der Waals surface area contributed by atoms with Crippen LogP contribution >= 0.6 is 0 Å². The number of nitrogens with zero attached hydrogens (tertiary/aromatic N) is 4. The van der Waals surface area contributed by atoms with E-state index in [1.54, 1.807) is 13.3 Å². The molecule has 1 saturated carbocycles. The summed E-state index contributed by atoms with van der Waals surface area (Å²) in [6.45, 7) is 9.00. The first-order chi connectivity index (χ1) is 16.0. The molecule has 8 nitrogen and oxygen atoms in total. The van der Waals surface area contributed by atoms with Crippen molar-refractivity contribution in [1.29, 1.82) is 0 Å². The topological polar surface area (TPSA) is 83.5 Å². The number of ether oxygens (including phenoxy) is 1. The standard InChI is InChI=1S/C25H33N5O3/c1-16-11-22-20(23-21(24(31)27-22)13-26-30(23)15-18-5-6-18)12-19(16)25(32)29-9-8-28(17(2)14-29)7-4-10-33-3/h11-13,17-18H,4-10,14-15H2,1-3H3,(H,27,31)/t17-/m0/s1. The number of methoxy groups -OCH3 is 1. The van der Waals surface area contributed by atoms with Crippen LogP contribution in [0.25, 0.3) is 21.8 Å². The molecule has 0 unspecified atom stereocenters. The number of nitrogens with one attached hydrogen (secondary N) is 1. The van der Waals surface area contributed by atoms with Gasteiger partial charge in [0.05, 0.1) is 22.6 Å². The summed E-state index contributed by atoms with van der Waals surface area (Å²) in [7, 11) is 1.73. The fourth-order valence-corrected chi connectivity index (χ4v) is 5.04. The highest BCUT2D eigenvalue weighted by Gasteiger charge is 2.28. The van der Waals surface area contributed by atoms with Crippen LogP contribution in [0, 0.1) is 12.8 Å². The molecule has 1 amide bonds. The Hall–Kier alpha value is -2.71. The highest BCUT2D eigenvalue weighted by atomic mass is 16.5. The van der Waals surface area contributed by atoms with Gasteiger partial charge >= 0.3 is 0 Å². The van der Waals surface area contributed by atoms with Gasteiger partial charge in [0.25, 0.3) is 11.5 Å². The van der Waals surface area contributed by atoms with Crippen molar-refractivity contribution >= 4 is 27.7 Å². The second-order valence-corrected chi connectivity index (χ2v) is 9.68. The zero-order valence-corrected chi connectivity index (χ0v) is 19.8. The summed E-state index contributed by atoms with van der Waals surface area (Å²) in [5.74, 6) is 0.695. The Morgan fingerprint density at radius 2 is 2.06 bits per heavy atom. The molecule has 176 valence electrons. The van der Waals surface area contributed by atoms with Crippen molar-refractivity contribution in [2.45, 2.75) is 45.7 Å². The monoisotopic (exact) mass is 451 g/mol. The molecule has 2 aromatic heterocycles. The lowest BCUT2D eigenvalue weighted by atomic mass is 10.0. The lowest BCUT2D eigenvalue weighted by Crippen LogP contribution is -2.53. The summed E-state index contributed by atoms with van der Waals surface area (Å²) in [6, 6.07) is 4.21. The van der Waals surface area contributed by atoms with Gasteiger partial charge in [-0.1, -0.05) is 0 Å². The largest absolute Gasteiger partial charge is 0.385 e. The van der Waals surface area contributed by atoms with Crippen LogP contribution < -0.4 is 5.56 Å². The van der Waals surface area contributed by atoms with Gasteiger partial charge in [0, 0.05) is 63.4 Å². The molecule has 2 fully saturated rings. The molecule has 33 heavy (non-hydrogen) atoms. The van der Waals surface area contributed by atoms with Crippen LogP contribution in [0.5, 0.6) is 0 Å². The molecule has 1 atom stereocenters. The Balaban J connectivity index is 1.45. The fraction of sp³-hybridized carbons (Fsp3) is 0.560. The average Bonchev–Trinajstić information content (AvgIpc) is 3.51. The molecular weight excluding hydrogens is 418 g/mol. The highest BCUT2D eigenvalue weighted by molar-refractivity contribution is 6.07. The van der Waals surface area contributed by atoms with Gasteiger partial charge in [-0.3, -0.25) is 19.2 Å². The van der Waals surface area contributed by atoms with Crippen LogP contribution in [0.2, 0.25) is 0 Å². The van der Waals surface area contributed by atoms with Gasteiger partial charge < -0.3 is 14.6 Å². The molecule has 2 aliphatic rings. The molecule has 1 aromatic carbocycles. The summed E-state index contributed by atoms with van der Waals surface area (Å²) in [5, 5.41) is 5.99. The number of aryl methyl sites for hydroxylation is 1. The third-order valence-corrected chi connectivity index (χ3v) is 7.16. The summed E-state index contributed by atoms with van der Waals surface area (Å²) in [4.78, 5) is 33.6. The van der Waals surface area contributed by atoms with E-state index in [9.17, 15) is 9.59 Å². The van der Waals surface area contributed by atoms with E-state index in [0.717, 1.165) is 54.6 Å². The summed E-state index contributed by atoms with van der Waals surface area (Å²) in [6.07, 6.45) is 5.07. The highest BCUT2D eigenvalue weighted by Crippen LogP contribution is 2.33. The molecule has 1 aliphatic carbocycles. The minimum absolute atomic E-state index is 0.0606. The second-order valence-electron chi connectivity index (χ2n) is 9.68. The fourth-order valence-electron chi connectivity index (χ4n) is 5.04. The van der Waals surface area contributed by atoms with Crippen LogP contribution in [0.3, 0.4) is 0 Å². The van der Waals surface area contributed by atoms with E-state index in [4.69, 9.17) is 4.74 Å². The van der Waals surface area contributed by atoms with Crippen LogP contribution in [-0.2, 0) is 11.3 Å². The number of hydrogen-bond acceptors (Lipinski definition) is 5. The first kappa shape index (κ1) is 22.1. The van der Waals surface area contributed by atoms with E-state index in [1.165, 1.54) is 12.8 Å². The maximum atomic E-state index is 13.6. The number of fused-ring (bicyclic) bond motifs is 3. The number of amides is 1. The zero-order valence-electron chi connectivity index (χ0n) is 19.8. The van der Waals surface area contributed by atoms with E-state index < -0.39 is 0 Å². The number of hydrogen-bond donors (Lipinski definition) is 1. The van der Waals surface area contributed by atoms with Gasteiger partial charge in [-0.2, -0.15) is 5.10 Å². The first-order valence-electron chi connectivity index (χ1n) is 12.0. The van der Waals surface area contributed by atoms with E-state index in [-0.39, 0.29) is 11.5 Å². The van der Waals surface area contributed by atoms with E-state index in [0.29, 0.717) is 36.0 Å². The van der Waals surface area contributed by atoms with Gasteiger partial charge in [0.1, 0.15) is 0 Å². The number of aromatic nitrogens is 3. The minimum Gasteiger partial charge on any atom is -0.385 e. The zero-order chi connectivity index (χ0) is 23.1. The predicted molar refractivity (Wildman–Crippen MR) is 129 cm³/mol. The predicted octanol–water partition coefficient (Wildman–Crippen LogP) is 2.78. The van der Waals surface area contributed by atoms with Crippen molar-refractivity contribution in [1.82, 2.24) is 24.6 Å². The number of pyridine rings is 1. The molecule has 5 rings (SSSR count). The van der Waals surface area contributed by atoms with Crippen molar-refractivity contribution in [3.05, 3.63) is 39.8 Å². The molecule has 3 aromatic rings. The number of H-pyrrole nitrogens is 1. The molecule has 0 spiro atoms. The lowest BCUT2D eigenvalue weighted by Gasteiger charge is -2.40. The second kappa shape index (κ2) is 8.91. The molecular formula is C25H33N5O3. The molecule has 1 saturated heterocycles. The van der Waals surface area contributed by atoms with Gasteiger partial charge in [-0.05, 0) is 56.7 Å². The summed E-state index contributed by atoms with van der Waals surface area (Å²) in [5.41, 5.74) is 3.05. The average molecular weight is 452 g/mol. The summed E-state index contributed by atoms with van der Waals surface area (Å²) < 4.78 is 7.13. The van der Waals surface area contributed by atoms with Crippen molar-refractivity contribution in [3.8, 4) is 0 Å². The van der Waals surface area contributed by atoms with Gasteiger partial charge in [0.2, 0.25) is 0 Å².